The number of nitrogens with one attached hydrogen (secondary N) is 1. The van der Waals surface area contributed by atoms with Crippen molar-refractivity contribution >= 4 is 40.9 Å². The number of H-pyrrole nitrogens is 1. The van der Waals surface area contributed by atoms with Crippen LogP contribution in [0.3, 0.4) is 0 Å². The highest BCUT2D eigenvalue weighted by Crippen LogP contribution is 2.42. The number of hydrogen-bond donors (Lipinski definition) is 1. The zero-order valence-electron chi connectivity index (χ0n) is 20.3. The lowest BCUT2D eigenvalue weighted by Crippen LogP contribution is -2.60. The lowest BCUT2D eigenvalue weighted by atomic mass is 10.0. The Morgan fingerprint density at radius 2 is 1.97 bits per heavy atom. The first-order valence-corrected chi connectivity index (χ1v) is 12.8. The van der Waals surface area contributed by atoms with Crippen LogP contribution in [0.15, 0.2) is 46.3 Å². The molecule has 1 atom stereocenters. The smallest absolute Gasteiger partial charge is 0.325 e. The zero-order valence-corrected chi connectivity index (χ0v) is 21.9. The molecule has 4 rings (SSSR count). The molecule has 188 valence electrons. The van der Waals surface area contributed by atoms with E-state index in [-0.39, 0.29) is 28.0 Å². The van der Waals surface area contributed by atoms with E-state index < -0.39 is 12.1 Å². The van der Waals surface area contributed by atoms with Crippen LogP contribution in [0.25, 0.3) is 11.3 Å². The molecule has 3 aromatic rings. The van der Waals surface area contributed by atoms with Gasteiger partial charge in [0.05, 0.1) is 28.9 Å². The number of carbonyl (C=O) groups excluding carboxylic acids is 2. The van der Waals surface area contributed by atoms with Gasteiger partial charge in [0.2, 0.25) is 11.1 Å². The summed E-state index contributed by atoms with van der Waals surface area (Å²) in [5, 5.41) is 5.39. The van der Waals surface area contributed by atoms with Crippen LogP contribution in [0.4, 0.5) is 5.69 Å². The Kier molecular flexibility index (Phi) is 7.65. The van der Waals surface area contributed by atoms with Crippen molar-refractivity contribution in [3.63, 3.8) is 0 Å². The maximum atomic E-state index is 13.4. The molecule has 0 saturated carbocycles. The van der Waals surface area contributed by atoms with Gasteiger partial charge in [-0.15, -0.1) is 0 Å². The summed E-state index contributed by atoms with van der Waals surface area (Å²) in [6, 6.07) is 10.2. The van der Waals surface area contributed by atoms with Crippen molar-refractivity contribution < 1.29 is 23.7 Å². The maximum absolute atomic E-state index is 13.4. The van der Waals surface area contributed by atoms with Gasteiger partial charge in [0.15, 0.2) is 11.5 Å². The Labute approximate surface area is 217 Å². The van der Waals surface area contributed by atoms with Crippen molar-refractivity contribution in [2.45, 2.75) is 44.9 Å². The van der Waals surface area contributed by atoms with Gasteiger partial charge in [0, 0.05) is 30.8 Å². The molecule has 1 aliphatic rings. The average molecular weight is 530 g/mol. The summed E-state index contributed by atoms with van der Waals surface area (Å²) in [6.45, 7) is 4.81. The Morgan fingerprint density at radius 3 is 2.64 bits per heavy atom. The third-order valence-electron chi connectivity index (χ3n) is 5.65. The van der Waals surface area contributed by atoms with Crippen LogP contribution in [0, 0.1) is 0 Å². The van der Waals surface area contributed by atoms with Gasteiger partial charge >= 0.3 is 17.2 Å². The molecule has 1 N–H and O–H groups in total. The number of unbranched alkanes of at least 4 members (excludes halogenated alkanes) is 1. The minimum Gasteiger partial charge on any atom is -0.493 e. The minimum atomic E-state index is -0.895. The highest BCUT2D eigenvalue weighted by atomic mass is 35.5. The minimum absolute atomic E-state index is 0.143. The summed E-state index contributed by atoms with van der Waals surface area (Å²) in [5.74, 6) is 0.366. The number of nitrogens with zero attached hydrogens (tertiary/aromatic N) is 3. The van der Waals surface area contributed by atoms with Gasteiger partial charge < -0.3 is 9.47 Å². The number of aromatic nitrogens is 3. The van der Waals surface area contributed by atoms with Crippen molar-refractivity contribution in [2.75, 3.05) is 17.8 Å². The Balaban J connectivity index is 2.00. The molecule has 1 amide bonds. The van der Waals surface area contributed by atoms with E-state index in [9.17, 15) is 14.4 Å². The number of esters is 1. The van der Waals surface area contributed by atoms with Gasteiger partial charge in [-0.1, -0.05) is 48.8 Å². The number of amides is 1. The van der Waals surface area contributed by atoms with E-state index in [1.165, 1.54) is 43.5 Å². The molecule has 11 heteroatoms. The number of methoxy groups -OCH3 is 1. The second-order valence-electron chi connectivity index (χ2n) is 8.15. The monoisotopic (exact) mass is 529 g/mol. The third kappa shape index (κ3) is 4.83. The number of rotatable bonds is 7. The molecule has 0 spiro atoms. The Hall–Kier alpha value is -3.37. The number of fused-ring (bicyclic) bond motifs is 3. The summed E-state index contributed by atoms with van der Waals surface area (Å²) in [6.07, 6.45) is 1.07. The summed E-state index contributed by atoms with van der Waals surface area (Å²) in [4.78, 5) is 42.4. The Bertz CT molecular complexity index is 1390. The fourth-order valence-electron chi connectivity index (χ4n) is 4.11. The molecule has 1 aromatic heterocycles. The highest BCUT2D eigenvalue weighted by molar-refractivity contribution is 7.99. The summed E-state index contributed by atoms with van der Waals surface area (Å²) in [5.41, 5.74) is 1.54. The number of aromatic amines is 1. The van der Waals surface area contributed by atoms with Crippen molar-refractivity contribution in [3.05, 3.63) is 57.3 Å². The van der Waals surface area contributed by atoms with Gasteiger partial charge in [-0.3, -0.25) is 19.4 Å². The molecule has 2 heterocycles. The van der Waals surface area contributed by atoms with E-state index in [1.54, 1.807) is 35.2 Å². The van der Waals surface area contributed by atoms with Crippen molar-refractivity contribution in [2.24, 2.45) is 0 Å². The van der Waals surface area contributed by atoms with Crippen molar-refractivity contribution in [1.29, 1.82) is 0 Å². The van der Waals surface area contributed by atoms with Crippen LogP contribution in [0.1, 0.15) is 45.3 Å². The topological polar surface area (TPSA) is 105 Å². The van der Waals surface area contributed by atoms with Crippen LogP contribution in [-0.2, 0) is 9.59 Å². The number of para-hydroxylation sites is 1. The maximum Gasteiger partial charge on any atom is 0.325 e. The number of benzene rings is 2. The molecule has 0 fully saturated rings. The predicted molar refractivity (Wildman–Crippen MR) is 137 cm³/mol. The fourth-order valence-corrected chi connectivity index (χ4v) is 5.30. The molecular weight excluding hydrogens is 504 g/mol. The van der Waals surface area contributed by atoms with Gasteiger partial charge in [0.1, 0.15) is 0 Å². The molecule has 1 unspecified atom stereocenters. The molecule has 9 nitrogen and oxygen atoms in total. The largest absolute Gasteiger partial charge is 0.493 e. The standard InChI is InChI=1S/C25H25ClN4O5S/c1-5-6-11-36-25-27-23(33)22-16-9-7-8-10-19(16)29(14(2)31)24(30(22)28-25)17-12-20(34-4)21(13-18(17)26)35-15(3)32/h7-10,12-13,24H,5-6,11H2,1-4H3/p+1. The fraction of sp³-hybridized carbons (Fsp3) is 0.320. The second kappa shape index (κ2) is 10.7. The van der Waals surface area contributed by atoms with Crippen LogP contribution >= 0.6 is 23.4 Å². The van der Waals surface area contributed by atoms with E-state index in [2.05, 4.69) is 11.9 Å². The lowest BCUT2D eigenvalue weighted by Gasteiger charge is -2.31. The van der Waals surface area contributed by atoms with E-state index in [1.807, 2.05) is 0 Å². The van der Waals surface area contributed by atoms with Crippen LogP contribution in [0.2, 0.25) is 5.02 Å². The first-order chi connectivity index (χ1) is 17.3. The van der Waals surface area contributed by atoms with Gasteiger partial charge in [0.25, 0.3) is 6.17 Å². The van der Waals surface area contributed by atoms with Crippen molar-refractivity contribution in [3.8, 4) is 22.8 Å². The van der Waals surface area contributed by atoms with Gasteiger partial charge in [-0.2, -0.15) is 0 Å². The molecule has 1 aliphatic heterocycles. The van der Waals surface area contributed by atoms with Crippen LogP contribution < -0.4 is 24.6 Å². The molecule has 0 aliphatic carbocycles. The SMILES string of the molecule is CCCCSc1n[n+]2c(c(=O)[nH]1)-c1ccccc1N(C(C)=O)C2c1cc(OC)c(OC(C)=O)cc1Cl. The molecular formula is C25H26ClN4O5S+. The second-order valence-corrected chi connectivity index (χ2v) is 9.64. The molecule has 2 aromatic carbocycles. The third-order valence-corrected chi connectivity index (χ3v) is 6.93. The number of ether oxygens (including phenoxy) is 2. The zero-order chi connectivity index (χ0) is 26.0. The Morgan fingerprint density at radius 1 is 1.22 bits per heavy atom. The summed E-state index contributed by atoms with van der Waals surface area (Å²) >= 11 is 8.14. The summed E-state index contributed by atoms with van der Waals surface area (Å²) < 4.78 is 12.2. The van der Waals surface area contributed by atoms with Crippen LogP contribution in [-0.4, -0.2) is 34.8 Å². The first kappa shape index (κ1) is 25.7. The number of anilines is 1. The van der Waals surface area contributed by atoms with Crippen molar-refractivity contribution in [1.82, 2.24) is 10.1 Å². The highest BCUT2D eigenvalue weighted by Gasteiger charge is 2.46. The van der Waals surface area contributed by atoms with E-state index in [0.29, 0.717) is 27.7 Å². The van der Waals surface area contributed by atoms with Gasteiger partial charge in [-0.05, 0) is 29.3 Å². The number of thioether (sulfide) groups is 1. The summed E-state index contributed by atoms with van der Waals surface area (Å²) in [7, 11) is 1.44. The molecule has 0 bridgehead atoms. The lowest BCUT2D eigenvalue weighted by molar-refractivity contribution is -0.763. The number of carbonyl (C=O) groups is 2. The predicted octanol–water partition coefficient (Wildman–Crippen LogP) is 4.12. The molecule has 0 radical (unpaired) electrons. The van der Waals surface area contributed by atoms with E-state index >= 15 is 0 Å². The number of halogens is 1. The van der Waals surface area contributed by atoms with E-state index in [0.717, 1.165) is 18.6 Å². The normalized spacial score (nSPS) is 14.1. The first-order valence-electron chi connectivity index (χ1n) is 11.4. The van der Waals surface area contributed by atoms with Crippen LogP contribution in [0.5, 0.6) is 11.5 Å². The quantitative estimate of drug-likeness (QED) is 0.161. The van der Waals surface area contributed by atoms with Gasteiger partial charge in [-0.25, -0.2) is 4.90 Å². The molecule has 36 heavy (non-hydrogen) atoms. The number of hydrogen-bond acceptors (Lipinski definition) is 7. The molecule has 0 saturated heterocycles. The van der Waals surface area contributed by atoms with E-state index in [4.69, 9.17) is 26.2 Å². The average Bonchev–Trinajstić information content (AvgIpc) is 2.83.